The van der Waals surface area contributed by atoms with Gasteiger partial charge in [0.15, 0.2) is 6.61 Å². The van der Waals surface area contributed by atoms with Crippen LogP contribution in [-0.2, 0) is 9.53 Å². The fourth-order valence-corrected chi connectivity index (χ4v) is 3.33. The highest BCUT2D eigenvalue weighted by Gasteiger charge is 2.27. The predicted molar refractivity (Wildman–Crippen MR) is 97.3 cm³/mol. The quantitative estimate of drug-likeness (QED) is 0.735. The minimum Gasteiger partial charge on any atom is -0.496 e. The van der Waals surface area contributed by atoms with Crippen LogP contribution in [0.1, 0.15) is 51.4 Å². The maximum absolute atomic E-state index is 12.0. The molecule has 0 unspecified atom stereocenters. The molecular weight excluding hydrogens is 374 g/mol. The first-order valence-corrected chi connectivity index (χ1v) is 8.54. The Bertz CT molecular complexity index is 606. The maximum Gasteiger partial charge on any atom is 0.338 e. The van der Waals surface area contributed by atoms with Gasteiger partial charge in [-0.1, -0.05) is 20.8 Å². The molecule has 0 atom stereocenters. The molecule has 1 aromatic carbocycles. The van der Waals surface area contributed by atoms with Crippen LogP contribution < -0.4 is 10.1 Å². The molecular formula is C18H26BrNO4. The van der Waals surface area contributed by atoms with E-state index >= 15 is 0 Å². The summed E-state index contributed by atoms with van der Waals surface area (Å²) in [7, 11) is 1.54. The van der Waals surface area contributed by atoms with Gasteiger partial charge < -0.3 is 14.8 Å². The Balaban J connectivity index is 2.58. The number of esters is 1. The lowest BCUT2D eigenvalue weighted by atomic mass is 9.82. The highest BCUT2D eigenvalue weighted by atomic mass is 79.9. The van der Waals surface area contributed by atoms with E-state index < -0.39 is 5.97 Å². The lowest BCUT2D eigenvalue weighted by molar-refractivity contribution is -0.126. The molecule has 1 amide bonds. The Hall–Kier alpha value is -1.56. The second-order valence-electron chi connectivity index (χ2n) is 7.59. The summed E-state index contributed by atoms with van der Waals surface area (Å²) in [6.07, 6.45) is 0.811. The highest BCUT2D eigenvalue weighted by Crippen LogP contribution is 2.27. The summed E-state index contributed by atoms with van der Waals surface area (Å²) in [6, 6.07) is 4.85. The molecule has 0 aromatic heterocycles. The zero-order chi connectivity index (χ0) is 18.5. The van der Waals surface area contributed by atoms with Gasteiger partial charge in [-0.2, -0.15) is 0 Å². The van der Waals surface area contributed by atoms with E-state index in [0.29, 0.717) is 15.8 Å². The third kappa shape index (κ3) is 6.91. The van der Waals surface area contributed by atoms with Crippen molar-refractivity contribution in [3.63, 3.8) is 0 Å². The van der Waals surface area contributed by atoms with Crippen LogP contribution >= 0.6 is 15.9 Å². The first kappa shape index (κ1) is 20.5. The zero-order valence-corrected chi connectivity index (χ0v) is 16.7. The number of hydrogen-bond donors (Lipinski definition) is 1. The number of hydrogen-bond acceptors (Lipinski definition) is 4. The summed E-state index contributed by atoms with van der Waals surface area (Å²) in [6.45, 7) is 9.95. The number of methoxy groups -OCH3 is 1. The second kappa shape index (κ2) is 8.01. The summed E-state index contributed by atoms with van der Waals surface area (Å²) in [5.41, 5.74) is 0.0673. The minimum atomic E-state index is -0.554. The van der Waals surface area contributed by atoms with E-state index in [0.717, 1.165) is 6.42 Å². The topological polar surface area (TPSA) is 64.6 Å². The number of ether oxygens (including phenoxy) is 2. The molecule has 0 heterocycles. The summed E-state index contributed by atoms with van der Waals surface area (Å²) >= 11 is 3.31. The van der Waals surface area contributed by atoms with Gasteiger partial charge in [0.05, 0.1) is 17.1 Å². The molecule has 5 nitrogen and oxygen atoms in total. The van der Waals surface area contributed by atoms with Gasteiger partial charge in [0.1, 0.15) is 5.75 Å². The molecule has 134 valence electrons. The van der Waals surface area contributed by atoms with Gasteiger partial charge in [0.25, 0.3) is 5.91 Å². The van der Waals surface area contributed by atoms with Crippen LogP contribution in [0.4, 0.5) is 0 Å². The van der Waals surface area contributed by atoms with Crippen molar-refractivity contribution in [2.75, 3.05) is 13.7 Å². The van der Waals surface area contributed by atoms with Crippen molar-refractivity contribution in [1.82, 2.24) is 5.32 Å². The number of carbonyl (C=O) groups excluding carboxylic acids is 2. The largest absolute Gasteiger partial charge is 0.496 e. The first-order chi connectivity index (χ1) is 10.9. The van der Waals surface area contributed by atoms with Crippen LogP contribution in [0.2, 0.25) is 0 Å². The van der Waals surface area contributed by atoms with Crippen molar-refractivity contribution >= 4 is 27.8 Å². The fraction of sp³-hybridized carbons (Fsp3) is 0.556. The second-order valence-corrected chi connectivity index (χ2v) is 8.45. The van der Waals surface area contributed by atoms with Crippen LogP contribution in [0.3, 0.4) is 0 Å². The molecule has 1 aromatic rings. The lowest BCUT2D eigenvalue weighted by Crippen LogP contribution is -2.47. The molecule has 1 N–H and O–H groups in total. The van der Waals surface area contributed by atoms with Gasteiger partial charge in [-0.3, -0.25) is 4.79 Å². The van der Waals surface area contributed by atoms with Gasteiger partial charge in [-0.05, 0) is 59.8 Å². The fourth-order valence-electron chi connectivity index (χ4n) is 2.79. The molecule has 6 heteroatoms. The molecule has 0 spiro atoms. The van der Waals surface area contributed by atoms with Gasteiger partial charge in [-0.15, -0.1) is 0 Å². The maximum atomic E-state index is 12.0. The monoisotopic (exact) mass is 399 g/mol. The molecule has 0 aliphatic carbocycles. The predicted octanol–water partition coefficient (Wildman–Crippen LogP) is 3.95. The van der Waals surface area contributed by atoms with Crippen molar-refractivity contribution < 1.29 is 19.1 Å². The Kier molecular flexibility index (Phi) is 6.84. The van der Waals surface area contributed by atoms with Crippen molar-refractivity contribution in [2.24, 2.45) is 5.41 Å². The lowest BCUT2D eigenvalue weighted by Gasteiger charge is -2.33. The number of carbonyl (C=O) groups is 2. The Morgan fingerprint density at radius 3 is 2.29 bits per heavy atom. The van der Waals surface area contributed by atoms with Crippen molar-refractivity contribution in [3.8, 4) is 5.75 Å². The smallest absolute Gasteiger partial charge is 0.338 e. The average Bonchev–Trinajstić information content (AvgIpc) is 2.41. The molecule has 0 saturated heterocycles. The summed E-state index contributed by atoms with van der Waals surface area (Å²) < 4.78 is 10.8. The number of nitrogens with one attached hydrogen (secondary N) is 1. The third-order valence-electron chi connectivity index (χ3n) is 3.17. The Labute approximate surface area is 152 Å². The molecule has 0 aliphatic heterocycles. The van der Waals surface area contributed by atoms with Crippen molar-refractivity contribution in [1.29, 1.82) is 0 Å². The normalized spacial score (nSPS) is 11.8. The van der Waals surface area contributed by atoms with Gasteiger partial charge in [0.2, 0.25) is 0 Å². The van der Waals surface area contributed by atoms with E-state index in [4.69, 9.17) is 9.47 Å². The molecule has 0 bridgehead atoms. The molecule has 0 fully saturated rings. The van der Waals surface area contributed by atoms with E-state index in [9.17, 15) is 9.59 Å². The molecule has 0 radical (unpaired) electrons. The van der Waals surface area contributed by atoms with Crippen molar-refractivity contribution in [2.45, 2.75) is 46.6 Å². The summed E-state index contributed by atoms with van der Waals surface area (Å²) in [5.74, 6) is -0.250. The minimum absolute atomic E-state index is 0.0861. The van der Waals surface area contributed by atoms with Crippen LogP contribution in [0.15, 0.2) is 22.7 Å². The third-order valence-corrected chi connectivity index (χ3v) is 3.79. The van der Waals surface area contributed by atoms with Crippen LogP contribution in [-0.4, -0.2) is 31.1 Å². The first-order valence-electron chi connectivity index (χ1n) is 7.75. The van der Waals surface area contributed by atoms with E-state index in [-0.39, 0.29) is 23.5 Å². The number of benzene rings is 1. The zero-order valence-electron chi connectivity index (χ0n) is 15.2. The number of rotatable bonds is 6. The van der Waals surface area contributed by atoms with Gasteiger partial charge in [0, 0.05) is 5.54 Å². The van der Waals surface area contributed by atoms with Crippen molar-refractivity contribution in [3.05, 3.63) is 28.2 Å². The Morgan fingerprint density at radius 2 is 1.79 bits per heavy atom. The molecule has 1 rings (SSSR count). The van der Waals surface area contributed by atoms with E-state index in [1.165, 1.54) is 0 Å². The summed E-state index contributed by atoms with van der Waals surface area (Å²) in [5, 5.41) is 2.90. The number of amides is 1. The Morgan fingerprint density at radius 1 is 1.17 bits per heavy atom. The SMILES string of the molecule is COc1ccc(C(=O)OCC(=O)NC(C)(C)CC(C)(C)C)cc1Br. The van der Waals surface area contributed by atoms with E-state index in [1.54, 1.807) is 25.3 Å². The highest BCUT2D eigenvalue weighted by molar-refractivity contribution is 9.10. The summed E-state index contributed by atoms with van der Waals surface area (Å²) in [4.78, 5) is 24.1. The molecule has 24 heavy (non-hydrogen) atoms. The number of halogens is 1. The van der Waals surface area contributed by atoms with Crippen LogP contribution in [0.5, 0.6) is 5.75 Å². The molecule has 0 saturated carbocycles. The van der Waals surface area contributed by atoms with Crippen LogP contribution in [0, 0.1) is 5.41 Å². The average molecular weight is 400 g/mol. The molecule has 0 aliphatic rings. The van der Waals surface area contributed by atoms with E-state index in [1.807, 2.05) is 13.8 Å². The van der Waals surface area contributed by atoms with Gasteiger partial charge in [-0.25, -0.2) is 4.79 Å². The van der Waals surface area contributed by atoms with E-state index in [2.05, 4.69) is 42.0 Å². The standard InChI is InChI=1S/C18H26BrNO4/c1-17(2,3)11-18(4,5)20-15(21)10-24-16(22)12-7-8-14(23-6)13(19)9-12/h7-9H,10-11H2,1-6H3,(H,20,21). The van der Waals surface area contributed by atoms with Crippen LogP contribution in [0.25, 0.3) is 0 Å². The van der Waals surface area contributed by atoms with Gasteiger partial charge >= 0.3 is 5.97 Å².